The second-order valence-electron chi connectivity index (χ2n) is 6.39. The van der Waals surface area contributed by atoms with Crippen molar-refractivity contribution in [1.82, 2.24) is 0 Å². The normalized spacial score (nSPS) is 10.9. The number of amides is 1. The van der Waals surface area contributed by atoms with Crippen molar-refractivity contribution in [3.63, 3.8) is 0 Å². The summed E-state index contributed by atoms with van der Waals surface area (Å²) in [5.74, 6) is -0.593. The van der Waals surface area contributed by atoms with E-state index in [1.54, 1.807) is 24.3 Å². The van der Waals surface area contributed by atoms with Crippen LogP contribution in [0.1, 0.15) is 0 Å². The van der Waals surface area contributed by atoms with E-state index >= 15 is 0 Å². The Hall–Kier alpha value is -3.59. The van der Waals surface area contributed by atoms with E-state index in [0.29, 0.717) is 5.75 Å². The van der Waals surface area contributed by atoms with Crippen LogP contribution in [0.4, 0.5) is 15.8 Å². The number of benzene rings is 3. The summed E-state index contributed by atoms with van der Waals surface area (Å²) in [6.07, 6.45) is 0. The standard InChI is InChI=1S/C22H21FN2O5S/c1-29-16-11-13-17(14-12-16)31(27,28)25(20-9-5-6-10-21(20)30-2)15-22(26)24-19-8-4-3-7-18(19)23/h3-14H,15H2,1-2H3,(H,24,26). The third-order valence-corrected chi connectivity index (χ3v) is 6.21. The summed E-state index contributed by atoms with van der Waals surface area (Å²) in [6.45, 7) is -0.594. The van der Waals surface area contributed by atoms with Crippen molar-refractivity contribution in [3.8, 4) is 11.5 Å². The van der Waals surface area contributed by atoms with Gasteiger partial charge in [-0.15, -0.1) is 0 Å². The lowest BCUT2D eigenvalue weighted by Crippen LogP contribution is -2.38. The minimum absolute atomic E-state index is 0.0436. The molecule has 162 valence electrons. The van der Waals surface area contributed by atoms with Gasteiger partial charge in [-0.3, -0.25) is 9.10 Å². The van der Waals surface area contributed by atoms with Crippen molar-refractivity contribution >= 4 is 27.3 Å². The number of halogens is 1. The number of methoxy groups -OCH3 is 2. The lowest BCUT2D eigenvalue weighted by Gasteiger charge is -2.25. The van der Waals surface area contributed by atoms with Crippen LogP contribution in [0.2, 0.25) is 0 Å². The van der Waals surface area contributed by atoms with Crippen LogP contribution in [0.25, 0.3) is 0 Å². The highest BCUT2D eigenvalue weighted by atomic mass is 32.2. The molecule has 0 spiro atoms. The zero-order valence-corrected chi connectivity index (χ0v) is 17.7. The predicted octanol–water partition coefficient (Wildman–Crippen LogP) is 3.68. The summed E-state index contributed by atoms with van der Waals surface area (Å²) in [5, 5.41) is 2.41. The Balaban J connectivity index is 2.00. The second-order valence-corrected chi connectivity index (χ2v) is 8.25. The van der Waals surface area contributed by atoms with Crippen molar-refractivity contribution in [2.75, 3.05) is 30.4 Å². The fourth-order valence-corrected chi connectivity index (χ4v) is 4.32. The Morgan fingerprint density at radius 1 is 0.935 bits per heavy atom. The molecule has 0 atom stereocenters. The maximum Gasteiger partial charge on any atom is 0.264 e. The molecule has 1 amide bonds. The minimum Gasteiger partial charge on any atom is -0.497 e. The van der Waals surface area contributed by atoms with Gasteiger partial charge in [-0.25, -0.2) is 12.8 Å². The van der Waals surface area contributed by atoms with E-state index in [0.717, 1.165) is 4.31 Å². The number of rotatable bonds is 8. The van der Waals surface area contributed by atoms with E-state index < -0.39 is 28.3 Å². The van der Waals surface area contributed by atoms with Gasteiger partial charge in [0.15, 0.2) is 0 Å². The SMILES string of the molecule is COc1ccc(S(=O)(=O)N(CC(=O)Nc2ccccc2F)c2ccccc2OC)cc1. The van der Waals surface area contributed by atoms with Gasteiger partial charge in [0, 0.05) is 0 Å². The molecule has 3 rings (SSSR count). The van der Waals surface area contributed by atoms with E-state index in [4.69, 9.17) is 9.47 Å². The Bertz CT molecular complexity index is 1170. The molecule has 3 aromatic carbocycles. The fraction of sp³-hybridized carbons (Fsp3) is 0.136. The number of ether oxygens (including phenoxy) is 2. The van der Waals surface area contributed by atoms with Crippen LogP contribution in [0, 0.1) is 5.82 Å². The average Bonchev–Trinajstić information content (AvgIpc) is 2.79. The van der Waals surface area contributed by atoms with Gasteiger partial charge in [0.1, 0.15) is 23.9 Å². The summed E-state index contributed by atoms with van der Waals surface area (Å²) in [4.78, 5) is 12.6. The van der Waals surface area contributed by atoms with Gasteiger partial charge in [-0.05, 0) is 48.5 Å². The summed E-state index contributed by atoms with van der Waals surface area (Å²) in [7, 11) is -1.30. The molecule has 7 nitrogen and oxygen atoms in total. The van der Waals surface area contributed by atoms with Gasteiger partial charge in [-0.2, -0.15) is 0 Å². The summed E-state index contributed by atoms with van der Waals surface area (Å²) in [5.41, 5.74) is 0.124. The van der Waals surface area contributed by atoms with E-state index in [2.05, 4.69) is 5.32 Å². The van der Waals surface area contributed by atoms with E-state index in [-0.39, 0.29) is 22.0 Å². The molecule has 0 aliphatic rings. The maximum atomic E-state index is 13.9. The Morgan fingerprint density at radius 3 is 2.23 bits per heavy atom. The number of carbonyl (C=O) groups is 1. The Morgan fingerprint density at radius 2 is 1.58 bits per heavy atom. The maximum absolute atomic E-state index is 13.9. The van der Waals surface area contributed by atoms with Crippen molar-refractivity contribution < 1.29 is 27.1 Å². The van der Waals surface area contributed by atoms with Crippen LogP contribution in [0.5, 0.6) is 11.5 Å². The average molecular weight is 444 g/mol. The molecule has 3 aromatic rings. The highest BCUT2D eigenvalue weighted by molar-refractivity contribution is 7.92. The third-order valence-electron chi connectivity index (χ3n) is 4.44. The first-order valence-electron chi connectivity index (χ1n) is 9.21. The van der Waals surface area contributed by atoms with Crippen LogP contribution in [-0.2, 0) is 14.8 Å². The summed E-state index contributed by atoms with van der Waals surface area (Å²) in [6, 6.07) is 17.8. The zero-order valence-electron chi connectivity index (χ0n) is 16.9. The first-order valence-corrected chi connectivity index (χ1v) is 10.6. The first-order chi connectivity index (χ1) is 14.9. The topological polar surface area (TPSA) is 84.9 Å². The van der Waals surface area contributed by atoms with Gasteiger partial charge < -0.3 is 14.8 Å². The number of carbonyl (C=O) groups excluding carboxylic acids is 1. The first kappa shape index (κ1) is 22.1. The highest BCUT2D eigenvalue weighted by Gasteiger charge is 2.29. The van der Waals surface area contributed by atoms with Gasteiger partial charge in [0.25, 0.3) is 10.0 Å². The number of nitrogens with zero attached hydrogens (tertiary/aromatic N) is 1. The van der Waals surface area contributed by atoms with Gasteiger partial charge in [0.2, 0.25) is 5.91 Å². The zero-order chi connectivity index (χ0) is 22.4. The van der Waals surface area contributed by atoms with E-state index in [1.165, 1.54) is 62.8 Å². The number of anilines is 2. The molecule has 0 saturated heterocycles. The molecular weight excluding hydrogens is 423 g/mol. The summed E-state index contributed by atoms with van der Waals surface area (Å²) >= 11 is 0. The number of para-hydroxylation sites is 3. The van der Waals surface area contributed by atoms with Crippen LogP contribution in [-0.4, -0.2) is 35.1 Å². The minimum atomic E-state index is -4.17. The molecule has 0 unspecified atom stereocenters. The largest absolute Gasteiger partial charge is 0.497 e. The highest BCUT2D eigenvalue weighted by Crippen LogP contribution is 2.32. The van der Waals surface area contributed by atoms with Crippen LogP contribution < -0.4 is 19.1 Å². The smallest absolute Gasteiger partial charge is 0.264 e. The molecule has 31 heavy (non-hydrogen) atoms. The van der Waals surface area contributed by atoms with E-state index in [9.17, 15) is 17.6 Å². The number of nitrogens with one attached hydrogen (secondary N) is 1. The quantitative estimate of drug-likeness (QED) is 0.573. The van der Waals surface area contributed by atoms with Crippen LogP contribution >= 0.6 is 0 Å². The molecule has 9 heteroatoms. The molecule has 1 N–H and O–H groups in total. The third kappa shape index (κ3) is 4.95. The lowest BCUT2D eigenvalue weighted by atomic mass is 10.3. The van der Waals surface area contributed by atoms with Gasteiger partial charge in [-0.1, -0.05) is 24.3 Å². The molecular formula is C22H21FN2O5S. The summed E-state index contributed by atoms with van der Waals surface area (Å²) < 4.78 is 52.1. The van der Waals surface area contributed by atoms with Crippen LogP contribution in [0.15, 0.2) is 77.7 Å². The number of hydrogen-bond acceptors (Lipinski definition) is 5. The van der Waals surface area contributed by atoms with Crippen molar-refractivity contribution in [2.45, 2.75) is 4.90 Å². The molecule has 0 fully saturated rings. The lowest BCUT2D eigenvalue weighted by molar-refractivity contribution is -0.114. The van der Waals surface area contributed by atoms with Gasteiger partial charge in [0.05, 0.1) is 30.5 Å². The van der Waals surface area contributed by atoms with E-state index in [1.807, 2.05) is 0 Å². The van der Waals surface area contributed by atoms with Crippen molar-refractivity contribution in [1.29, 1.82) is 0 Å². The Labute approximate surface area is 180 Å². The second kappa shape index (κ2) is 9.48. The number of sulfonamides is 1. The van der Waals surface area contributed by atoms with Gasteiger partial charge >= 0.3 is 0 Å². The molecule has 0 aliphatic carbocycles. The molecule has 0 radical (unpaired) electrons. The predicted molar refractivity (Wildman–Crippen MR) is 116 cm³/mol. The molecule has 0 aliphatic heterocycles. The molecule has 0 bridgehead atoms. The molecule has 0 heterocycles. The van der Waals surface area contributed by atoms with Crippen molar-refractivity contribution in [2.24, 2.45) is 0 Å². The fourth-order valence-electron chi connectivity index (χ4n) is 2.89. The van der Waals surface area contributed by atoms with Crippen molar-refractivity contribution in [3.05, 3.63) is 78.6 Å². The Kier molecular flexibility index (Phi) is 6.76. The van der Waals surface area contributed by atoms with Crippen LogP contribution in [0.3, 0.4) is 0 Å². The number of hydrogen-bond donors (Lipinski definition) is 1. The molecule has 0 aromatic heterocycles. The monoisotopic (exact) mass is 444 g/mol. The molecule has 0 saturated carbocycles.